The van der Waals surface area contributed by atoms with Crippen LogP contribution in [-0.2, 0) is 6.54 Å². The van der Waals surface area contributed by atoms with Gasteiger partial charge in [0, 0.05) is 13.1 Å². The second-order valence-electron chi connectivity index (χ2n) is 4.69. The summed E-state index contributed by atoms with van der Waals surface area (Å²) >= 11 is 0. The van der Waals surface area contributed by atoms with Crippen LogP contribution < -0.4 is 11.1 Å². The first-order valence-corrected chi connectivity index (χ1v) is 6.79. The summed E-state index contributed by atoms with van der Waals surface area (Å²) in [6, 6.07) is 0. The lowest BCUT2D eigenvalue weighted by Crippen LogP contribution is -2.28. The van der Waals surface area contributed by atoms with Crippen molar-refractivity contribution in [3.63, 3.8) is 0 Å². The maximum atomic E-state index is 10.1. The molecule has 1 unspecified atom stereocenters. The van der Waals surface area contributed by atoms with Crippen molar-refractivity contribution in [3.05, 3.63) is 5.69 Å². The molecular formula is C13H26N4O. The van der Waals surface area contributed by atoms with Gasteiger partial charge in [-0.25, -0.2) is 4.68 Å². The molecule has 1 atom stereocenters. The topological polar surface area (TPSA) is 76.1 Å². The minimum Gasteiger partial charge on any atom is -0.394 e. The normalized spacial score (nSPS) is 13.0. The monoisotopic (exact) mass is 254 g/mol. The van der Waals surface area contributed by atoms with Crippen molar-refractivity contribution in [2.75, 3.05) is 17.6 Å². The minimum absolute atomic E-state index is 0.331. The Hall–Kier alpha value is -1.23. The van der Waals surface area contributed by atoms with Crippen LogP contribution in [-0.4, -0.2) is 27.5 Å². The molecule has 1 rings (SSSR count). The van der Waals surface area contributed by atoms with E-state index in [0.717, 1.165) is 30.9 Å². The van der Waals surface area contributed by atoms with Gasteiger partial charge in [-0.15, -0.1) is 0 Å². The van der Waals surface area contributed by atoms with Crippen molar-refractivity contribution >= 4 is 11.5 Å². The molecule has 18 heavy (non-hydrogen) atoms. The van der Waals surface area contributed by atoms with E-state index in [0.29, 0.717) is 18.2 Å². The van der Waals surface area contributed by atoms with Crippen molar-refractivity contribution in [1.82, 2.24) is 9.78 Å². The highest BCUT2D eigenvalue weighted by molar-refractivity contribution is 5.64. The summed E-state index contributed by atoms with van der Waals surface area (Å²) in [5.74, 6) is 1.15. The van der Waals surface area contributed by atoms with E-state index < -0.39 is 0 Å². The molecule has 0 saturated carbocycles. The Bertz CT molecular complexity index is 371. The molecule has 1 aromatic heterocycles. The lowest BCUT2D eigenvalue weighted by molar-refractivity contribution is 0.114. The summed E-state index contributed by atoms with van der Waals surface area (Å²) in [5.41, 5.74) is 7.48. The van der Waals surface area contributed by atoms with Crippen molar-refractivity contribution in [2.24, 2.45) is 5.92 Å². The first-order chi connectivity index (χ1) is 8.54. The highest BCUT2D eigenvalue weighted by Gasteiger charge is 2.17. The number of hydrogen-bond donors (Lipinski definition) is 3. The highest BCUT2D eigenvalue weighted by atomic mass is 16.3. The molecule has 0 bridgehead atoms. The molecule has 0 fully saturated rings. The summed E-state index contributed by atoms with van der Waals surface area (Å²) in [6.07, 6.45) is 1.63. The standard InChI is InChI=1S/C13H26N4O/c1-5-10(6-2)11(18)8-15-13-12(14)9(4)16-17(13)7-3/h10-11,15,18H,5-8,14H2,1-4H3. The van der Waals surface area contributed by atoms with E-state index in [1.165, 1.54) is 0 Å². The third kappa shape index (κ3) is 3.16. The third-order valence-electron chi connectivity index (χ3n) is 3.54. The number of nitrogen functional groups attached to an aromatic ring is 1. The molecule has 104 valence electrons. The van der Waals surface area contributed by atoms with Crippen LogP contribution in [0.25, 0.3) is 0 Å². The van der Waals surface area contributed by atoms with Gasteiger partial charge in [-0.2, -0.15) is 5.10 Å². The SMILES string of the molecule is CCC(CC)C(O)CNc1c(N)c(C)nn1CC. The van der Waals surface area contributed by atoms with Gasteiger partial charge in [0.2, 0.25) is 0 Å². The Kier molecular flexibility index (Phi) is 5.47. The van der Waals surface area contributed by atoms with Gasteiger partial charge in [0.25, 0.3) is 0 Å². The largest absolute Gasteiger partial charge is 0.394 e. The van der Waals surface area contributed by atoms with Gasteiger partial charge in [0.15, 0.2) is 0 Å². The fourth-order valence-corrected chi connectivity index (χ4v) is 2.21. The molecular weight excluding hydrogens is 228 g/mol. The van der Waals surface area contributed by atoms with Crippen molar-refractivity contribution in [1.29, 1.82) is 0 Å². The molecule has 0 saturated heterocycles. The first kappa shape index (κ1) is 14.8. The quantitative estimate of drug-likeness (QED) is 0.695. The van der Waals surface area contributed by atoms with Crippen LogP contribution >= 0.6 is 0 Å². The molecule has 1 aromatic rings. The van der Waals surface area contributed by atoms with Crippen LogP contribution in [0.15, 0.2) is 0 Å². The number of nitrogens with two attached hydrogens (primary N) is 1. The van der Waals surface area contributed by atoms with Gasteiger partial charge in [-0.3, -0.25) is 0 Å². The number of aromatic nitrogens is 2. The maximum absolute atomic E-state index is 10.1. The lowest BCUT2D eigenvalue weighted by Gasteiger charge is -2.21. The van der Waals surface area contributed by atoms with E-state index in [1.807, 2.05) is 18.5 Å². The van der Waals surface area contributed by atoms with E-state index in [2.05, 4.69) is 24.3 Å². The molecule has 0 aromatic carbocycles. The number of anilines is 2. The van der Waals surface area contributed by atoms with Crippen LogP contribution in [0.2, 0.25) is 0 Å². The number of nitrogens with zero attached hydrogens (tertiary/aromatic N) is 2. The molecule has 1 heterocycles. The van der Waals surface area contributed by atoms with Crippen molar-refractivity contribution in [3.8, 4) is 0 Å². The lowest BCUT2D eigenvalue weighted by atomic mass is 9.96. The third-order valence-corrected chi connectivity index (χ3v) is 3.54. The van der Waals surface area contributed by atoms with Gasteiger partial charge in [-0.1, -0.05) is 26.7 Å². The van der Waals surface area contributed by atoms with Gasteiger partial charge < -0.3 is 16.2 Å². The van der Waals surface area contributed by atoms with Crippen LogP contribution in [0.1, 0.15) is 39.3 Å². The predicted molar refractivity (Wildman–Crippen MR) is 75.6 cm³/mol. The zero-order valence-corrected chi connectivity index (χ0v) is 11.9. The molecule has 0 radical (unpaired) electrons. The number of rotatable bonds is 7. The molecule has 0 spiro atoms. The molecule has 5 nitrogen and oxygen atoms in total. The Labute approximate surface area is 109 Å². The Morgan fingerprint density at radius 3 is 2.44 bits per heavy atom. The molecule has 0 aliphatic carbocycles. The second kappa shape index (κ2) is 6.64. The fourth-order valence-electron chi connectivity index (χ4n) is 2.21. The molecule has 4 N–H and O–H groups in total. The van der Waals surface area contributed by atoms with Crippen LogP contribution in [0.4, 0.5) is 11.5 Å². The molecule has 5 heteroatoms. The van der Waals surface area contributed by atoms with Gasteiger partial charge >= 0.3 is 0 Å². The van der Waals surface area contributed by atoms with Gasteiger partial charge in [0.1, 0.15) is 5.82 Å². The summed E-state index contributed by atoms with van der Waals surface area (Å²) in [6.45, 7) is 9.40. The van der Waals surface area contributed by atoms with E-state index in [9.17, 15) is 5.11 Å². The van der Waals surface area contributed by atoms with Crippen molar-refractivity contribution < 1.29 is 5.11 Å². The van der Waals surface area contributed by atoms with E-state index >= 15 is 0 Å². The zero-order valence-electron chi connectivity index (χ0n) is 11.9. The average Bonchev–Trinajstić information content (AvgIpc) is 2.64. The Morgan fingerprint density at radius 1 is 1.33 bits per heavy atom. The predicted octanol–water partition coefficient (Wildman–Crippen LogP) is 2.00. The Balaban J connectivity index is 2.68. The van der Waals surface area contributed by atoms with E-state index in [1.54, 1.807) is 0 Å². The fraction of sp³-hybridized carbons (Fsp3) is 0.769. The summed E-state index contributed by atoms with van der Waals surface area (Å²) < 4.78 is 1.84. The van der Waals surface area contributed by atoms with Gasteiger partial charge in [-0.05, 0) is 19.8 Å². The number of aliphatic hydroxyl groups is 1. The van der Waals surface area contributed by atoms with Crippen LogP contribution in [0.3, 0.4) is 0 Å². The minimum atomic E-state index is -0.347. The number of hydrogen-bond acceptors (Lipinski definition) is 4. The van der Waals surface area contributed by atoms with Gasteiger partial charge in [0.05, 0.1) is 17.5 Å². The average molecular weight is 254 g/mol. The number of nitrogens with one attached hydrogen (secondary N) is 1. The zero-order chi connectivity index (χ0) is 13.7. The first-order valence-electron chi connectivity index (χ1n) is 6.79. The molecule has 0 aliphatic heterocycles. The summed E-state index contributed by atoms with van der Waals surface area (Å²) in [5, 5.41) is 17.7. The highest BCUT2D eigenvalue weighted by Crippen LogP contribution is 2.22. The maximum Gasteiger partial charge on any atom is 0.148 e. The van der Waals surface area contributed by atoms with Crippen LogP contribution in [0.5, 0.6) is 0 Å². The summed E-state index contributed by atoms with van der Waals surface area (Å²) in [7, 11) is 0. The second-order valence-corrected chi connectivity index (χ2v) is 4.69. The smallest absolute Gasteiger partial charge is 0.148 e. The number of aryl methyl sites for hydroxylation is 2. The Morgan fingerprint density at radius 2 is 1.94 bits per heavy atom. The van der Waals surface area contributed by atoms with E-state index in [-0.39, 0.29) is 6.10 Å². The number of aliphatic hydroxyl groups excluding tert-OH is 1. The summed E-state index contributed by atoms with van der Waals surface area (Å²) in [4.78, 5) is 0. The molecule has 0 aliphatic rings. The van der Waals surface area contributed by atoms with Crippen LogP contribution in [0, 0.1) is 12.8 Å². The molecule has 0 amide bonds. The van der Waals surface area contributed by atoms with Crippen molar-refractivity contribution in [2.45, 2.75) is 53.2 Å². The van der Waals surface area contributed by atoms with E-state index in [4.69, 9.17) is 5.73 Å².